The number of carbonyl (C=O) groups excluding carboxylic acids is 1. The van der Waals surface area contributed by atoms with E-state index in [4.69, 9.17) is 5.73 Å². The Kier molecular flexibility index (Phi) is 5.37. The van der Waals surface area contributed by atoms with E-state index in [0.717, 1.165) is 19.5 Å². The molecule has 98 valence electrons. The van der Waals surface area contributed by atoms with Gasteiger partial charge in [-0.3, -0.25) is 15.1 Å². The maximum atomic E-state index is 11.8. The minimum absolute atomic E-state index is 0.0829. The standard InChI is InChI=1S/C11H23N5O/c1-8-6-9(14-7-8)10(17)15-11(12)13-4-5-16(2)3/h8-9,14H,4-7H2,1-3H3,(H3,12,13,15,17). The molecule has 0 saturated carbocycles. The Labute approximate surface area is 103 Å². The van der Waals surface area contributed by atoms with E-state index >= 15 is 0 Å². The van der Waals surface area contributed by atoms with Crippen molar-refractivity contribution in [3.8, 4) is 0 Å². The molecule has 0 aliphatic carbocycles. The predicted molar refractivity (Wildman–Crippen MR) is 68.8 cm³/mol. The van der Waals surface area contributed by atoms with Gasteiger partial charge in [0.15, 0.2) is 5.96 Å². The van der Waals surface area contributed by atoms with Gasteiger partial charge in [0.1, 0.15) is 0 Å². The molecule has 1 amide bonds. The number of nitrogens with two attached hydrogens (primary N) is 1. The first-order chi connectivity index (χ1) is 7.99. The zero-order valence-electron chi connectivity index (χ0n) is 10.9. The highest BCUT2D eigenvalue weighted by molar-refractivity contribution is 5.98. The van der Waals surface area contributed by atoms with Gasteiger partial charge in [-0.1, -0.05) is 6.92 Å². The van der Waals surface area contributed by atoms with Gasteiger partial charge in [-0.2, -0.15) is 0 Å². The summed E-state index contributed by atoms with van der Waals surface area (Å²) < 4.78 is 0. The first-order valence-electron chi connectivity index (χ1n) is 5.98. The lowest BCUT2D eigenvalue weighted by Crippen LogP contribution is -2.46. The van der Waals surface area contributed by atoms with E-state index in [2.05, 4.69) is 22.5 Å². The average molecular weight is 241 g/mol. The number of guanidine groups is 1. The zero-order valence-corrected chi connectivity index (χ0v) is 10.9. The summed E-state index contributed by atoms with van der Waals surface area (Å²) >= 11 is 0. The third-order valence-electron chi connectivity index (χ3n) is 2.75. The molecule has 1 saturated heterocycles. The summed E-state index contributed by atoms with van der Waals surface area (Å²) in [6.45, 7) is 4.41. The Balaban J connectivity index is 2.30. The second kappa shape index (κ2) is 6.56. The second-order valence-electron chi connectivity index (χ2n) is 4.86. The molecular formula is C11H23N5O. The molecule has 6 nitrogen and oxygen atoms in total. The Bertz CT molecular complexity index is 290. The maximum absolute atomic E-state index is 11.8. The van der Waals surface area contributed by atoms with E-state index in [0.29, 0.717) is 12.5 Å². The fraction of sp³-hybridized carbons (Fsp3) is 0.818. The summed E-state index contributed by atoms with van der Waals surface area (Å²) in [5.41, 5.74) is 5.63. The van der Waals surface area contributed by atoms with Crippen LogP contribution in [0.5, 0.6) is 0 Å². The smallest absolute Gasteiger partial charge is 0.243 e. The second-order valence-corrected chi connectivity index (χ2v) is 4.86. The van der Waals surface area contributed by atoms with Crippen molar-refractivity contribution in [3.63, 3.8) is 0 Å². The Morgan fingerprint density at radius 3 is 2.82 bits per heavy atom. The molecule has 1 rings (SSSR count). The number of hydrogen-bond donors (Lipinski definition) is 3. The molecule has 1 heterocycles. The molecule has 0 spiro atoms. The van der Waals surface area contributed by atoms with Crippen molar-refractivity contribution in [1.82, 2.24) is 15.5 Å². The number of rotatable bonds is 4. The minimum atomic E-state index is -0.132. The van der Waals surface area contributed by atoms with Crippen LogP contribution >= 0.6 is 0 Å². The van der Waals surface area contributed by atoms with E-state index in [-0.39, 0.29) is 17.9 Å². The predicted octanol–water partition coefficient (Wildman–Crippen LogP) is -1.02. The fourth-order valence-electron chi connectivity index (χ4n) is 1.74. The summed E-state index contributed by atoms with van der Waals surface area (Å²) in [5.74, 6) is 0.663. The van der Waals surface area contributed by atoms with E-state index in [1.54, 1.807) is 0 Å². The Morgan fingerprint density at radius 1 is 1.59 bits per heavy atom. The van der Waals surface area contributed by atoms with Gasteiger partial charge in [-0.05, 0) is 33.0 Å². The van der Waals surface area contributed by atoms with Gasteiger partial charge in [0.05, 0.1) is 12.6 Å². The maximum Gasteiger partial charge on any atom is 0.243 e. The van der Waals surface area contributed by atoms with E-state index in [1.165, 1.54) is 0 Å². The third-order valence-corrected chi connectivity index (χ3v) is 2.75. The molecule has 2 unspecified atom stereocenters. The van der Waals surface area contributed by atoms with Gasteiger partial charge in [-0.15, -0.1) is 0 Å². The quantitative estimate of drug-likeness (QED) is 0.434. The Hall–Kier alpha value is -1.14. The van der Waals surface area contributed by atoms with Crippen LogP contribution in [-0.2, 0) is 4.79 Å². The molecule has 1 aliphatic heterocycles. The van der Waals surface area contributed by atoms with Gasteiger partial charge in [0.25, 0.3) is 0 Å². The minimum Gasteiger partial charge on any atom is -0.370 e. The van der Waals surface area contributed by atoms with Crippen molar-refractivity contribution < 1.29 is 4.79 Å². The van der Waals surface area contributed by atoms with E-state index in [1.807, 2.05) is 19.0 Å². The van der Waals surface area contributed by atoms with Crippen LogP contribution in [-0.4, -0.2) is 56.5 Å². The van der Waals surface area contributed by atoms with Gasteiger partial charge in [0.2, 0.25) is 5.91 Å². The van der Waals surface area contributed by atoms with Crippen LogP contribution in [0.1, 0.15) is 13.3 Å². The fourth-order valence-corrected chi connectivity index (χ4v) is 1.74. The van der Waals surface area contributed by atoms with E-state index < -0.39 is 0 Å². The average Bonchev–Trinajstić information content (AvgIpc) is 2.64. The van der Waals surface area contributed by atoms with Crippen molar-refractivity contribution in [2.45, 2.75) is 19.4 Å². The zero-order chi connectivity index (χ0) is 12.8. The first-order valence-corrected chi connectivity index (χ1v) is 5.98. The molecular weight excluding hydrogens is 218 g/mol. The number of carbonyl (C=O) groups is 1. The number of hydrogen-bond acceptors (Lipinski definition) is 4. The molecule has 0 aromatic carbocycles. The highest BCUT2D eigenvalue weighted by atomic mass is 16.2. The first kappa shape index (κ1) is 13.9. The monoisotopic (exact) mass is 241 g/mol. The highest BCUT2D eigenvalue weighted by Crippen LogP contribution is 2.12. The molecule has 1 aliphatic rings. The summed E-state index contributed by atoms with van der Waals surface area (Å²) in [5, 5.41) is 5.78. The summed E-state index contributed by atoms with van der Waals surface area (Å²) in [7, 11) is 3.93. The normalized spacial score (nSPS) is 25.3. The SMILES string of the molecule is CC1CNC(C(=O)NC(N)=NCCN(C)C)C1. The lowest BCUT2D eigenvalue weighted by molar-refractivity contribution is -0.121. The number of nitrogens with one attached hydrogen (secondary N) is 2. The van der Waals surface area contributed by atoms with Crippen molar-refractivity contribution >= 4 is 11.9 Å². The molecule has 0 aromatic rings. The molecule has 2 atom stereocenters. The molecule has 0 bridgehead atoms. The van der Waals surface area contributed by atoms with Crippen molar-refractivity contribution in [2.24, 2.45) is 16.6 Å². The van der Waals surface area contributed by atoms with Crippen LogP contribution < -0.4 is 16.4 Å². The topological polar surface area (TPSA) is 82.8 Å². The van der Waals surface area contributed by atoms with Crippen LogP contribution in [0, 0.1) is 5.92 Å². The lowest BCUT2D eigenvalue weighted by Gasteiger charge is -2.11. The highest BCUT2D eigenvalue weighted by Gasteiger charge is 2.26. The Morgan fingerprint density at radius 2 is 2.29 bits per heavy atom. The molecule has 4 N–H and O–H groups in total. The molecule has 0 radical (unpaired) electrons. The van der Waals surface area contributed by atoms with Crippen LogP contribution in [0.25, 0.3) is 0 Å². The molecule has 1 fully saturated rings. The van der Waals surface area contributed by atoms with Gasteiger partial charge >= 0.3 is 0 Å². The number of amides is 1. The summed E-state index contributed by atoms with van der Waals surface area (Å²) in [6.07, 6.45) is 0.858. The van der Waals surface area contributed by atoms with Crippen LogP contribution in [0.3, 0.4) is 0 Å². The summed E-state index contributed by atoms with van der Waals surface area (Å²) in [4.78, 5) is 17.9. The third kappa shape index (κ3) is 5.14. The van der Waals surface area contributed by atoms with E-state index in [9.17, 15) is 4.79 Å². The molecule has 6 heteroatoms. The number of likely N-dealkylation sites (N-methyl/N-ethyl adjacent to an activating group) is 1. The largest absolute Gasteiger partial charge is 0.370 e. The van der Waals surface area contributed by atoms with Gasteiger partial charge in [0, 0.05) is 6.54 Å². The van der Waals surface area contributed by atoms with Crippen LogP contribution in [0.2, 0.25) is 0 Å². The summed E-state index contributed by atoms with van der Waals surface area (Å²) in [6, 6.07) is -0.132. The van der Waals surface area contributed by atoms with Crippen LogP contribution in [0.4, 0.5) is 0 Å². The van der Waals surface area contributed by atoms with Crippen molar-refractivity contribution in [2.75, 3.05) is 33.7 Å². The molecule has 17 heavy (non-hydrogen) atoms. The number of nitrogens with zero attached hydrogens (tertiary/aromatic N) is 2. The molecule has 0 aromatic heterocycles. The van der Waals surface area contributed by atoms with Gasteiger partial charge < -0.3 is 16.0 Å². The van der Waals surface area contributed by atoms with Crippen LogP contribution in [0.15, 0.2) is 4.99 Å². The number of aliphatic imine (C=N–C) groups is 1. The van der Waals surface area contributed by atoms with Gasteiger partial charge in [-0.25, -0.2) is 0 Å². The van der Waals surface area contributed by atoms with Crippen molar-refractivity contribution in [1.29, 1.82) is 0 Å². The van der Waals surface area contributed by atoms with Crippen molar-refractivity contribution in [3.05, 3.63) is 0 Å². The lowest BCUT2D eigenvalue weighted by atomic mass is 10.1.